The molecule has 0 spiro atoms. The van der Waals surface area contributed by atoms with E-state index in [1.54, 1.807) is 10.7 Å². The first-order valence-electron chi connectivity index (χ1n) is 10.6. The molecule has 1 aliphatic rings. The van der Waals surface area contributed by atoms with Gasteiger partial charge < -0.3 is 25.2 Å². The van der Waals surface area contributed by atoms with Crippen molar-refractivity contribution in [2.45, 2.75) is 12.1 Å². The maximum atomic E-state index is 11.7. The van der Waals surface area contributed by atoms with Gasteiger partial charge in [0.25, 0.3) is 0 Å². The van der Waals surface area contributed by atoms with Crippen LogP contribution in [-0.4, -0.2) is 63.0 Å². The second kappa shape index (κ2) is 9.21. The van der Waals surface area contributed by atoms with Crippen molar-refractivity contribution in [3.8, 4) is 22.6 Å². The number of halogens is 2. The number of carbonyl (C=O) groups is 1. The first kappa shape index (κ1) is 23.2. The molecule has 3 N–H and O–H groups in total. The predicted molar refractivity (Wildman–Crippen MR) is 132 cm³/mol. The summed E-state index contributed by atoms with van der Waals surface area (Å²) in [6, 6.07) is 4.61. The Morgan fingerprint density at radius 3 is 2.83 bits per heavy atom. The normalized spacial score (nSPS) is 17.6. The van der Waals surface area contributed by atoms with Crippen molar-refractivity contribution < 1.29 is 19.4 Å². The molecule has 5 rings (SSSR count). The molecule has 1 saturated heterocycles. The van der Waals surface area contributed by atoms with Gasteiger partial charge in [-0.3, -0.25) is 4.79 Å². The number of nitrogens with zero attached hydrogens (tertiary/aromatic N) is 4. The highest BCUT2D eigenvalue weighted by molar-refractivity contribution is 6.41. The van der Waals surface area contributed by atoms with Crippen molar-refractivity contribution in [1.29, 1.82) is 0 Å². The van der Waals surface area contributed by atoms with E-state index in [9.17, 15) is 9.90 Å². The highest BCUT2D eigenvalue weighted by Gasteiger charge is 2.29. The van der Waals surface area contributed by atoms with Gasteiger partial charge in [0.15, 0.2) is 5.65 Å². The molecule has 180 valence electrons. The average molecular weight is 515 g/mol. The zero-order valence-electron chi connectivity index (χ0n) is 18.5. The minimum atomic E-state index is -0.267. The topological polar surface area (TPSA) is 123 Å². The van der Waals surface area contributed by atoms with Crippen LogP contribution in [0.2, 0.25) is 10.0 Å². The Balaban J connectivity index is 1.58. The molecular formula is C23H20Cl2N6O4. The third kappa shape index (κ3) is 4.09. The fraction of sp³-hybridized carbons (Fsp3) is 0.217. The average Bonchev–Trinajstić information content (AvgIpc) is 3.52. The molecule has 0 bridgehead atoms. The number of rotatable bonds is 6. The molecule has 35 heavy (non-hydrogen) atoms. The van der Waals surface area contributed by atoms with E-state index >= 15 is 0 Å². The maximum Gasteiger partial charge on any atom is 0.243 e. The Labute approximate surface area is 209 Å². The van der Waals surface area contributed by atoms with Crippen LogP contribution in [0.1, 0.15) is 0 Å². The lowest BCUT2D eigenvalue weighted by atomic mass is 10.0. The van der Waals surface area contributed by atoms with Gasteiger partial charge in [0.2, 0.25) is 5.91 Å². The van der Waals surface area contributed by atoms with E-state index in [0.717, 1.165) is 10.9 Å². The zero-order chi connectivity index (χ0) is 24.7. The number of nitrogens with one attached hydrogen (secondary N) is 2. The van der Waals surface area contributed by atoms with E-state index in [0.29, 0.717) is 35.8 Å². The highest BCUT2D eigenvalue weighted by Crippen LogP contribution is 2.47. The summed E-state index contributed by atoms with van der Waals surface area (Å²) < 4.78 is 12.5. The summed E-state index contributed by atoms with van der Waals surface area (Å²) in [6.07, 6.45) is 4.32. The Hall–Kier alpha value is -3.60. The van der Waals surface area contributed by atoms with E-state index in [2.05, 4.69) is 32.3 Å². The van der Waals surface area contributed by atoms with E-state index in [1.807, 2.05) is 12.1 Å². The molecule has 1 aromatic carbocycles. The molecule has 4 aromatic rings. The third-order valence-corrected chi connectivity index (χ3v) is 6.55. The van der Waals surface area contributed by atoms with Gasteiger partial charge in [-0.15, -0.1) is 0 Å². The fourth-order valence-electron chi connectivity index (χ4n) is 4.09. The van der Waals surface area contributed by atoms with Crippen LogP contribution in [0.3, 0.4) is 0 Å². The molecular weight excluding hydrogens is 495 g/mol. The molecule has 2 atom stereocenters. The molecule has 0 aliphatic carbocycles. The van der Waals surface area contributed by atoms with Gasteiger partial charge in [-0.05, 0) is 12.1 Å². The number of methoxy groups -OCH3 is 1. The minimum Gasteiger partial charge on any atom is -0.506 e. The highest BCUT2D eigenvalue weighted by atomic mass is 35.5. The number of fused-ring (bicyclic) bond motifs is 3. The van der Waals surface area contributed by atoms with E-state index in [-0.39, 0.29) is 39.5 Å². The predicted octanol–water partition coefficient (Wildman–Crippen LogP) is 3.45. The number of phenols is 1. The van der Waals surface area contributed by atoms with Gasteiger partial charge in [-0.25, -0.2) is 14.5 Å². The first-order valence-corrected chi connectivity index (χ1v) is 11.3. The van der Waals surface area contributed by atoms with Crippen molar-refractivity contribution in [1.82, 2.24) is 24.9 Å². The summed E-state index contributed by atoms with van der Waals surface area (Å²) in [4.78, 5) is 20.6. The monoisotopic (exact) mass is 514 g/mol. The number of ether oxygens (including phenoxy) is 2. The van der Waals surface area contributed by atoms with Crippen molar-refractivity contribution in [3.63, 3.8) is 0 Å². The zero-order valence-corrected chi connectivity index (χ0v) is 20.0. The first-order chi connectivity index (χ1) is 16.9. The summed E-state index contributed by atoms with van der Waals surface area (Å²) in [5.74, 6) is 0.410. The van der Waals surface area contributed by atoms with Gasteiger partial charge in [0.05, 0.1) is 48.0 Å². The van der Waals surface area contributed by atoms with Gasteiger partial charge in [-0.2, -0.15) is 5.10 Å². The number of anilines is 1. The van der Waals surface area contributed by atoms with Crippen molar-refractivity contribution in [2.75, 3.05) is 25.6 Å². The fourth-order valence-corrected chi connectivity index (χ4v) is 4.72. The molecule has 10 nitrogen and oxygen atoms in total. The van der Waals surface area contributed by atoms with Crippen molar-refractivity contribution in [3.05, 3.63) is 53.4 Å². The molecule has 0 saturated carbocycles. The van der Waals surface area contributed by atoms with Gasteiger partial charge in [-0.1, -0.05) is 29.8 Å². The van der Waals surface area contributed by atoms with Crippen LogP contribution < -0.4 is 15.4 Å². The summed E-state index contributed by atoms with van der Waals surface area (Å²) in [6.45, 7) is 4.28. The summed E-state index contributed by atoms with van der Waals surface area (Å²) in [7, 11) is 1.45. The number of aromatic nitrogens is 4. The van der Waals surface area contributed by atoms with Crippen LogP contribution in [0.4, 0.5) is 5.82 Å². The van der Waals surface area contributed by atoms with Crippen molar-refractivity contribution >= 4 is 51.5 Å². The number of phenolic OH excluding ortho intramolecular Hbond substituents is 1. The SMILES string of the molecule is C=CC(=O)N[C@@H]1COC[C@@H]1Nc1cc2c(cn1)cc(-c1c(Cl)c(O)cc(OC)c1Cl)c1ncnn12. The van der Waals surface area contributed by atoms with Crippen LogP contribution in [0.5, 0.6) is 11.5 Å². The number of hydrogen-bond acceptors (Lipinski definition) is 8. The number of carbonyl (C=O) groups excluding carboxylic acids is 1. The number of pyridine rings is 2. The molecule has 12 heteroatoms. The number of amides is 1. The van der Waals surface area contributed by atoms with Gasteiger partial charge in [0.1, 0.15) is 23.6 Å². The number of aromatic hydroxyl groups is 1. The van der Waals surface area contributed by atoms with Crippen LogP contribution in [0, 0.1) is 0 Å². The standard InChI is InChI=1S/C23H20Cl2N6O4/c1-3-19(33)30-14-9-35-8-13(14)29-18-5-15-11(7-26-18)4-12(23-27-10-28-31(15)23)20-21(24)16(32)6-17(34-2)22(20)25/h3-7,10,13-14,32H,1,8-9H2,2H3,(H,26,29)(H,30,33)/t13-,14+/m0/s1. The smallest absolute Gasteiger partial charge is 0.243 e. The largest absolute Gasteiger partial charge is 0.506 e. The second-order valence-electron chi connectivity index (χ2n) is 7.89. The Kier molecular flexibility index (Phi) is 6.10. The lowest BCUT2D eigenvalue weighted by molar-refractivity contribution is -0.117. The lowest BCUT2D eigenvalue weighted by Gasteiger charge is -2.20. The molecule has 1 fully saturated rings. The lowest BCUT2D eigenvalue weighted by Crippen LogP contribution is -2.45. The van der Waals surface area contributed by atoms with Crippen LogP contribution in [0.15, 0.2) is 43.4 Å². The summed E-state index contributed by atoms with van der Waals surface area (Å²) in [5.41, 5.74) is 2.13. The third-order valence-electron chi connectivity index (χ3n) is 5.79. The van der Waals surface area contributed by atoms with Crippen LogP contribution >= 0.6 is 23.2 Å². The van der Waals surface area contributed by atoms with Gasteiger partial charge >= 0.3 is 0 Å². The Bertz CT molecular complexity index is 1470. The second-order valence-corrected chi connectivity index (χ2v) is 8.65. The molecule has 1 aliphatic heterocycles. The summed E-state index contributed by atoms with van der Waals surface area (Å²) in [5, 5.41) is 21.9. The molecule has 3 aromatic heterocycles. The van der Waals surface area contributed by atoms with E-state index in [4.69, 9.17) is 32.7 Å². The number of hydrogen-bond donors (Lipinski definition) is 3. The molecule has 4 heterocycles. The van der Waals surface area contributed by atoms with E-state index in [1.165, 1.54) is 25.6 Å². The Morgan fingerprint density at radius 2 is 2.06 bits per heavy atom. The molecule has 0 radical (unpaired) electrons. The summed E-state index contributed by atoms with van der Waals surface area (Å²) >= 11 is 13.0. The minimum absolute atomic E-state index is 0.0696. The van der Waals surface area contributed by atoms with E-state index < -0.39 is 0 Å². The molecule has 1 amide bonds. The quantitative estimate of drug-likeness (QED) is 0.334. The van der Waals surface area contributed by atoms with Gasteiger partial charge in [0, 0.05) is 34.8 Å². The number of benzene rings is 1. The molecule has 0 unspecified atom stereocenters. The Morgan fingerprint density at radius 1 is 1.26 bits per heavy atom. The van der Waals surface area contributed by atoms with Crippen LogP contribution in [0.25, 0.3) is 27.7 Å². The van der Waals surface area contributed by atoms with Crippen molar-refractivity contribution in [2.24, 2.45) is 0 Å². The maximum absolute atomic E-state index is 11.7. The van der Waals surface area contributed by atoms with Crippen LogP contribution in [-0.2, 0) is 9.53 Å².